The third-order valence-electron chi connectivity index (χ3n) is 4.56. The fourth-order valence-electron chi connectivity index (χ4n) is 3.15. The Balaban J connectivity index is 1.84. The molecule has 0 bridgehead atoms. The first kappa shape index (κ1) is 18.3. The van der Waals surface area contributed by atoms with E-state index in [2.05, 4.69) is 41.0 Å². The highest BCUT2D eigenvalue weighted by molar-refractivity contribution is 5.36. The predicted molar refractivity (Wildman–Crippen MR) is 93.4 cm³/mol. The average Bonchev–Trinajstić information content (AvgIpc) is 2.60. The van der Waals surface area contributed by atoms with Crippen molar-refractivity contribution in [3.63, 3.8) is 0 Å². The lowest BCUT2D eigenvalue weighted by atomic mass is 10.0. The van der Waals surface area contributed by atoms with Crippen molar-refractivity contribution in [1.82, 2.24) is 9.80 Å². The summed E-state index contributed by atoms with van der Waals surface area (Å²) in [7, 11) is 1.72. The Morgan fingerprint density at radius 3 is 2.50 bits per heavy atom. The van der Waals surface area contributed by atoms with Crippen LogP contribution in [0.5, 0.6) is 5.75 Å². The van der Waals surface area contributed by atoms with Crippen molar-refractivity contribution in [3.05, 3.63) is 29.3 Å². The molecular weight excluding hydrogens is 300 g/mol. The summed E-state index contributed by atoms with van der Waals surface area (Å²) in [6, 6.07) is 10.8. The van der Waals surface area contributed by atoms with Crippen molar-refractivity contribution in [3.8, 4) is 17.9 Å². The number of piperazine rings is 1. The molecule has 5 nitrogen and oxygen atoms in total. The maximum Gasteiger partial charge on any atom is 0.123 e. The molecule has 1 heterocycles. The molecule has 0 spiro atoms. The van der Waals surface area contributed by atoms with Gasteiger partial charge in [-0.3, -0.25) is 9.80 Å². The summed E-state index contributed by atoms with van der Waals surface area (Å²) in [6.07, 6.45) is 1.14. The number of methoxy groups -OCH3 is 1. The SMILES string of the molecule is COc1ccc(C)cc1CN1CCN(CC(C#N)CCC#N)CC1. The molecule has 0 amide bonds. The van der Waals surface area contributed by atoms with Gasteiger partial charge in [-0.05, 0) is 19.4 Å². The molecule has 128 valence electrons. The highest BCUT2D eigenvalue weighted by Crippen LogP contribution is 2.22. The van der Waals surface area contributed by atoms with E-state index in [9.17, 15) is 5.26 Å². The normalized spacial score (nSPS) is 17.0. The van der Waals surface area contributed by atoms with Gasteiger partial charge in [0.15, 0.2) is 0 Å². The molecule has 1 aliphatic heterocycles. The number of rotatable bonds is 7. The molecule has 24 heavy (non-hydrogen) atoms. The van der Waals surface area contributed by atoms with Gasteiger partial charge in [0.05, 0.1) is 25.2 Å². The smallest absolute Gasteiger partial charge is 0.123 e. The Labute approximate surface area is 145 Å². The molecule has 0 aliphatic carbocycles. The van der Waals surface area contributed by atoms with Gasteiger partial charge in [-0.25, -0.2) is 0 Å². The predicted octanol–water partition coefficient (Wildman–Crippen LogP) is 2.56. The molecule has 0 radical (unpaired) electrons. The summed E-state index contributed by atoms with van der Waals surface area (Å²) in [6.45, 7) is 7.71. The summed E-state index contributed by atoms with van der Waals surface area (Å²) in [5.41, 5.74) is 2.48. The van der Waals surface area contributed by atoms with Gasteiger partial charge in [0.2, 0.25) is 0 Å². The topological polar surface area (TPSA) is 63.3 Å². The molecule has 1 aromatic rings. The molecule has 1 atom stereocenters. The molecule has 1 fully saturated rings. The second-order valence-corrected chi connectivity index (χ2v) is 6.41. The number of benzene rings is 1. The van der Waals surface area contributed by atoms with Crippen LogP contribution < -0.4 is 4.74 Å². The standard InChI is InChI=1S/C19H26N4O/c1-16-5-6-19(24-2)18(12-16)15-23-10-8-22(9-11-23)14-17(13-21)4-3-7-20/h5-6,12,17H,3-4,8-11,14-15H2,1-2H3. The number of aryl methyl sites for hydroxylation is 1. The lowest BCUT2D eigenvalue weighted by Crippen LogP contribution is -2.47. The summed E-state index contributed by atoms with van der Waals surface area (Å²) < 4.78 is 5.47. The van der Waals surface area contributed by atoms with Gasteiger partial charge in [-0.1, -0.05) is 17.7 Å². The van der Waals surface area contributed by atoms with Gasteiger partial charge in [0.1, 0.15) is 5.75 Å². The molecule has 1 saturated heterocycles. The monoisotopic (exact) mass is 326 g/mol. The van der Waals surface area contributed by atoms with Crippen LogP contribution in [0.2, 0.25) is 0 Å². The van der Waals surface area contributed by atoms with Crippen molar-refractivity contribution in [2.24, 2.45) is 5.92 Å². The van der Waals surface area contributed by atoms with Gasteiger partial charge < -0.3 is 4.74 Å². The van der Waals surface area contributed by atoms with Crippen LogP contribution in [0.15, 0.2) is 18.2 Å². The van der Waals surface area contributed by atoms with Crippen LogP contribution in [-0.4, -0.2) is 49.6 Å². The summed E-state index contributed by atoms with van der Waals surface area (Å²) >= 11 is 0. The zero-order chi connectivity index (χ0) is 17.4. The number of hydrogen-bond donors (Lipinski definition) is 0. The van der Waals surface area contributed by atoms with Crippen LogP contribution in [0.25, 0.3) is 0 Å². The first-order valence-electron chi connectivity index (χ1n) is 8.51. The van der Waals surface area contributed by atoms with Crippen molar-refractivity contribution in [1.29, 1.82) is 10.5 Å². The van der Waals surface area contributed by atoms with E-state index in [-0.39, 0.29) is 5.92 Å². The molecule has 1 aliphatic rings. The molecule has 1 aromatic carbocycles. The fraction of sp³-hybridized carbons (Fsp3) is 0.579. The maximum absolute atomic E-state index is 9.20. The van der Waals surface area contributed by atoms with Crippen LogP contribution in [0.4, 0.5) is 0 Å². The van der Waals surface area contributed by atoms with E-state index in [1.165, 1.54) is 11.1 Å². The van der Waals surface area contributed by atoms with E-state index < -0.39 is 0 Å². The van der Waals surface area contributed by atoms with Gasteiger partial charge in [-0.2, -0.15) is 10.5 Å². The molecule has 0 saturated carbocycles. The second kappa shape index (κ2) is 9.27. The Morgan fingerprint density at radius 2 is 1.88 bits per heavy atom. The van der Waals surface area contributed by atoms with Crippen molar-refractivity contribution in [2.45, 2.75) is 26.3 Å². The zero-order valence-electron chi connectivity index (χ0n) is 14.7. The molecule has 0 N–H and O–H groups in total. The van der Waals surface area contributed by atoms with Crippen LogP contribution in [0, 0.1) is 35.5 Å². The molecule has 0 aromatic heterocycles. The highest BCUT2D eigenvalue weighted by atomic mass is 16.5. The van der Waals surface area contributed by atoms with E-state index in [4.69, 9.17) is 10.00 Å². The number of nitrogens with zero attached hydrogens (tertiary/aromatic N) is 4. The summed E-state index contributed by atoms with van der Waals surface area (Å²) in [5, 5.41) is 17.9. The minimum Gasteiger partial charge on any atom is -0.496 e. The number of ether oxygens (including phenoxy) is 1. The van der Waals surface area contributed by atoms with E-state index in [0.717, 1.165) is 45.0 Å². The summed E-state index contributed by atoms with van der Waals surface area (Å²) in [5.74, 6) is 0.914. The van der Waals surface area contributed by atoms with Crippen molar-refractivity contribution >= 4 is 0 Å². The average molecular weight is 326 g/mol. The zero-order valence-corrected chi connectivity index (χ0v) is 14.7. The van der Waals surface area contributed by atoms with E-state index >= 15 is 0 Å². The highest BCUT2D eigenvalue weighted by Gasteiger charge is 2.20. The summed E-state index contributed by atoms with van der Waals surface area (Å²) in [4.78, 5) is 4.78. The molecular formula is C19H26N4O. The lowest BCUT2D eigenvalue weighted by Gasteiger charge is -2.35. The third kappa shape index (κ3) is 5.23. The fourth-order valence-corrected chi connectivity index (χ4v) is 3.15. The van der Waals surface area contributed by atoms with Crippen LogP contribution in [0.3, 0.4) is 0 Å². The van der Waals surface area contributed by atoms with Crippen molar-refractivity contribution in [2.75, 3.05) is 39.8 Å². The minimum atomic E-state index is -0.0342. The Kier molecular flexibility index (Phi) is 7.06. The van der Waals surface area contributed by atoms with E-state index in [1.807, 2.05) is 6.07 Å². The largest absolute Gasteiger partial charge is 0.496 e. The van der Waals surface area contributed by atoms with Crippen molar-refractivity contribution < 1.29 is 4.74 Å². The van der Waals surface area contributed by atoms with E-state index in [0.29, 0.717) is 12.8 Å². The molecule has 1 unspecified atom stereocenters. The van der Waals surface area contributed by atoms with Gasteiger partial charge in [-0.15, -0.1) is 0 Å². The maximum atomic E-state index is 9.20. The minimum absolute atomic E-state index is 0.0342. The van der Waals surface area contributed by atoms with Gasteiger partial charge in [0.25, 0.3) is 0 Å². The van der Waals surface area contributed by atoms with Crippen LogP contribution in [0.1, 0.15) is 24.0 Å². The first-order chi connectivity index (χ1) is 11.7. The van der Waals surface area contributed by atoms with Gasteiger partial charge in [0, 0.05) is 51.3 Å². The molecule has 2 rings (SSSR count). The number of nitriles is 2. The van der Waals surface area contributed by atoms with Crippen LogP contribution in [-0.2, 0) is 6.54 Å². The lowest BCUT2D eigenvalue weighted by molar-refractivity contribution is 0.118. The van der Waals surface area contributed by atoms with Crippen LogP contribution >= 0.6 is 0 Å². The Hall–Kier alpha value is -2.08. The third-order valence-corrected chi connectivity index (χ3v) is 4.56. The molecule has 5 heteroatoms. The first-order valence-corrected chi connectivity index (χ1v) is 8.51. The number of hydrogen-bond acceptors (Lipinski definition) is 5. The quantitative estimate of drug-likeness (QED) is 0.770. The van der Waals surface area contributed by atoms with E-state index in [1.54, 1.807) is 7.11 Å². The van der Waals surface area contributed by atoms with Gasteiger partial charge >= 0.3 is 0 Å². The second-order valence-electron chi connectivity index (χ2n) is 6.41. The Morgan fingerprint density at radius 1 is 1.17 bits per heavy atom. The Bertz CT molecular complexity index is 609.